The number of hydrogen-bond acceptors (Lipinski definition) is 2. The molecular weight excluding hydrogens is 350 g/mol. The maximum Gasteiger partial charge on any atom is 0.407 e. The van der Waals surface area contributed by atoms with Crippen molar-refractivity contribution in [2.45, 2.75) is 19.3 Å². The summed E-state index contributed by atoms with van der Waals surface area (Å²) in [5.41, 5.74) is 0.409. The molecule has 0 aliphatic heterocycles. The molecule has 0 bridgehead atoms. The Labute approximate surface area is 110 Å². The lowest BCUT2D eigenvalue weighted by Crippen LogP contribution is -2.42. The number of Topliss-reactive ketones (excluding diaryl/α,β-unsaturated/α-hetero) is 1. The number of carbonyl (C=O) groups is 1. The van der Waals surface area contributed by atoms with Crippen molar-refractivity contribution in [1.29, 1.82) is 0 Å². The van der Waals surface area contributed by atoms with E-state index in [1.165, 1.54) is 6.92 Å². The zero-order chi connectivity index (χ0) is 14.3. The van der Waals surface area contributed by atoms with Crippen LogP contribution in [-0.4, -0.2) is 18.1 Å². The van der Waals surface area contributed by atoms with Crippen LogP contribution in [0, 0.1) is 12.8 Å². The van der Waals surface area contributed by atoms with Crippen LogP contribution in [-0.2, 0) is 0 Å². The predicted molar refractivity (Wildman–Crippen MR) is 56.7 cm³/mol. The number of ketones is 1. The molecular formula is C9H5BrF6OS. The standard InChI is InChI=1S/C9H5BrF6OS/c1-3-2-4(18-7(3)10)5(17)6(8(11,12)13)9(14,15)16/h2,6H,1H3. The summed E-state index contributed by atoms with van der Waals surface area (Å²) < 4.78 is 74.2. The van der Waals surface area contributed by atoms with Gasteiger partial charge in [0.15, 0.2) is 5.78 Å². The van der Waals surface area contributed by atoms with Crippen LogP contribution in [0.2, 0.25) is 0 Å². The van der Waals surface area contributed by atoms with Crippen LogP contribution < -0.4 is 0 Å². The maximum absolute atomic E-state index is 12.3. The molecule has 0 unspecified atom stereocenters. The molecule has 0 fully saturated rings. The van der Waals surface area contributed by atoms with Crippen molar-refractivity contribution in [2.24, 2.45) is 5.92 Å². The van der Waals surface area contributed by atoms with Crippen LogP contribution in [0.4, 0.5) is 26.3 Å². The smallest absolute Gasteiger partial charge is 0.292 e. The van der Waals surface area contributed by atoms with Crippen molar-refractivity contribution < 1.29 is 31.1 Å². The van der Waals surface area contributed by atoms with E-state index in [9.17, 15) is 31.1 Å². The minimum Gasteiger partial charge on any atom is -0.292 e. The van der Waals surface area contributed by atoms with Gasteiger partial charge in [-0.3, -0.25) is 4.79 Å². The van der Waals surface area contributed by atoms with Crippen LogP contribution >= 0.6 is 27.3 Å². The van der Waals surface area contributed by atoms with Crippen LogP contribution in [0.25, 0.3) is 0 Å². The zero-order valence-corrected chi connectivity index (χ0v) is 11.0. The van der Waals surface area contributed by atoms with Gasteiger partial charge >= 0.3 is 12.4 Å². The van der Waals surface area contributed by atoms with Gasteiger partial charge in [-0.15, -0.1) is 11.3 Å². The molecule has 0 saturated heterocycles. The molecule has 0 aliphatic rings. The van der Waals surface area contributed by atoms with E-state index < -0.39 is 28.9 Å². The Hall–Kier alpha value is -0.570. The lowest BCUT2D eigenvalue weighted by molar-refractivity contribution is -0.264. The van der Waals surface area contributed by atoms with Gasteiger partial charge in [-0.1, -0.05) is 0 Å². The molecule has 0 saturated carbocycles. The fourth-order valence-corrected chi connectivity index (χ4v) is 2.71. The van der Waals surface area contributed by atoms with Gasteiger partial charge in [-0.05, 0) is 34.5 Å². The average Bonchev–Trinajstić information content (AvgIpc) is 2.41. The van der Waals surface area contributed by atoms with Gasteiger partial charge in [0.2, 0.25) is 5.92 Å². The van der Waals surface area contributed by atoms with Crippen molar-refractivity contribution in [1.82, 2.24) is 0 Å². The predicted octanol–water partition coefficient (Wildman–Crippen LogP) is 4.74. The fraction of sp³-hybridized carbons (Fsp3) is 0.444. The van der Waals surface area contributed by atoms with E-state index in [2.05, 4.69) is 15.9 Å². The monoisotopic (exact) mass is 354 g/mol. The van der Waals surface area contributed by atoms with Crippen molar-refractivity contribution in [2.75, 3.05) is 0 Å². The minimum atomic E-state index is -5.65. The molecule has 1 heterocycles. The normalized spacial score (nSPS) is 13.2. The van der Waals surface area contributed by atoms with Gasteiger partial charge in [-0.2, -0.15) is 26.3 Å². The van der Waals surface area contributed by atoms with E-state index in [1.807, 2.05) is 0 Å². The van der Waals surface area contributed by atoms with Crippen molar-refractivity contribution in [3.63, 3.8) is 0 Å². The molecule has 1 nitrogen and oxygen atoms in total. The van der Waals surface area contributed by atoms with Crippen LogP contribution in [0.5, 0.6) is 0 Å². The first-order chi connectivity index (χ1) is 7.94. The lowest BCUT2D eigenvalue weighted by Gasteiger charge is -2.20. The molecule has 0 radical (unpaired) electrons. The van der Waals surface area contributed by atoms with Crippen LogP contribution in [0.15, 0.2) is 9.85 Å². The third-order valence-electron chi connectivity index (χ3n) is 2.02. The highest BCUT2D eigenvalue weighted by Gasteiger charge is 2.61. The number of alkyl halides is 6. The van der Waals surface area contributed by atoms with Gasteiger partial charge < -0.3 is 0 Å². The molecule has 18 heavy (non-hydrogen) atoms. The molecule has 1 aromatic rings. The summed E-state index contributed by atoms with van der Waals surface area (Å²) in [6.45, 7) is 1.47. The molecule has 0 atom stereocenters. The van der Waals surface area contributed by atoms with E-state index >= 15 is 0 Å². The summed E-state index contributed by atoms with van der Waals surface area (Å²) in [5, 5.41) is 0. The maximum atomic E-state index is 12.3. The van der Waals surface area contributed by atoms with E-state index in [1.54, 1.807) is 0 Å². The quantitative estimate of drug-likeness (QED) is 0.553. The topological polar surface area (TPSA) is 17.1 Å². The number of hydrogen-bond donors (Lipinski definition) is 0. The van der Waals surface area contributed by atoms with Gasteiger partial charge in [-0.25, -0.2) is 0 Å². The summed E-state index contributed by atoms with van der Waals surface area (Å²) in [7, 11) is 0. The highest BCUT2D eigenvalue weighted by molar-refractivity contribution is 9.11. The number of thiophene rings is 1. The first-order valence-corrected chi connectivity index (χ1v) is 5.99. The molecule has 0 aromatic carbocycles. The SMILES string of the molecule is Cc1cc(C(=O)C(C(F)(F)F)C(F)(F)F)sc1Br. The van der Waals surface area contributed by atoms with Crippen LogP contribution in [0.1, 0.15) is 15.2 Å². The average molecular weight is 355 g/mol. The lowest BCUT2D eigenvalue weighted by atomic mass is 10.0. The molecule has 1 aromatic heterocycles. The van der Waals surface area contributed by atoms with Gasteiger partial charge in [0.05, 0.1) is 8.66 Å². The highest BCUT2D eigenvalue weighted by Crippen LogP contribution is 2.42. The van der Waals surface area contributed by atoms with Gasteiger partial charge in [0.25, 0.3) is 0 Å². The Kier molecular flexibility index (Phi) is 4.16. The second kappa shape index (κ2) is 4.84. The molecule has 9 heteroatoms. The van der Waals surface area contributed by atoms with E-state index in [0.29, 0.717) is 20.7 Å². The highest BCUT2D eigenvalue weighted by atomic mass is 79.9. The van der Waals surface area contributed by atoms with E-state index in [4.69, 9.17) is 0 Å². The van der Waals surface area contributed by atoms with Gasteiger partial charge in [0, 0.05) is 0 Å². The van der Waals surface area contributed by atoms with Crippen molar-refractivity contribution >= 4 is 33.0 Å². The fourth-order valence-electron chi connectivity index (χ4n) is 1.21. The molecule has 0 spiro atoms. The number of carbonyl (C=O) groups excluding carboxylic acids is 1. The van der Waals surface area contributed by atoms with Crippen LogP contribution in [0.3, 0.4) is 0 Å². The molecule has 0 aliphatic carbocycles. The molecule has 0 amide bonds. The summed E-state index contributed by atoms with van der Waals surface area (Å²) in [4.78, 5) is 10.8. The zero-order valence-electron chi connectivity index (χ0n) is 8.62. The first-order valence-electron chi connectivity index (χ1n) is 4.38. The number of halogens is 7. The summed E-state index contributed by atoms with van der Waals surface area (Å²) >= 11 is 3.49. The minimum absolute atomic E-state index is 0.328. The number of aryl methyl sites for hydroxylation is 1. The van der Waals surface area contributed by atoms with Gasteiger partial charge in [0.1, 0.15) is 0 Å². The number of rotatable bonds is 2. The van der Waals surface area contributed by atoms with E-state index in [0.717, 1.165) is 6.07 Å². The van der Waals surface area contributed by atoms with Crippen molar-refractivity contribution in [3.05, 3.63) is 20.3 Å². The summed E-state index contributed by atoms with van der Waals surface area (Å²) in [5.74, 6) is -5.95. The molecule has 0 N–H and O–H groups in total. The summed E-state index contributed by atoms with van der Waals surface area (Å²) in [6, 6.07) is 1.00. The van der Waals surface area contributed by atoms with E-state index in [-0.39, 0.29) is 0 Å². The Morgan fingerprint density at radius 3 is 1.94 bits per heavy atom. The first kappa shape index (κ1) is 15.5. The Morgan fingerprint density at radius 1 is 1.22 bits per heavy atom. The van der Waals surface area contributed by atoms with Crippen molar-refractivity contribution in [3.8, 4) is 0 Å². The second-order valence-corrected chi connectivity index (χ2v) is 5.82. The Morgan fingerprint density at radius 2 is 1.67 bits per heavy atom. The third kappa shape index (κ3) is 3.25. The Bertz CT molecular complexity index is 427. The Balaban J connectivity index is 3.20. The molecule has 102 valence electrons. The third-order valence-corrected chi connectivity index (χ3v) is 4.17. The largest absolute Gasteiger partial charge is 0.407 e. The summed E-state index contributed by atoms with van der Waals surface area (Å²) in [6.07, 6.45) is -11.3. The second-order valence-electron chi connectivity index (χ2n) is 3.45. The molecule has 1 rings (SSSR count).